The fraction of sp³-hybridized carbons (Fsp3) is 0.250. The van der Waals surface area contributed by atoms with Crippen LogP contribution < -0.4 is 0 Å². The average Bonchev–Trinajstić information content (AvgIpc) is 3.40. The first-order valence-electron chi connectivity index (χ1n) is 11.8. The molecule has 1 aliphatic rings. The molecule has 1 aliphatic heterocycles. The summed E-state index contributed by atoms with van der Waals surface area (Å²) in [7, 11) is 0. The highest BCUT2D eigenvalue weighted by Crippen LogP contribution is 2.24. The quantitative estimate of drug-likeness (QED) is 0.379. The highest BCUT2D eigenvalue weighted by Gasteiger charge is 2.28. The van der Waals surface area contributed by atoms with Gasteiger partial charge in [-0.05, 0) is 36.0 Å². The van der Waals surface area contributed by atoms with Crippen LogP contribution in [0, 0.1) is 0 Å². The molecule has 1 aromatic heterocycles. The molecule has 0 unspecified atom stereocenters. The predicted octanol–water partition coefficient (Wildman–Crippen LogP) is 5.65. The second-order valence-electron chi connectivity index (χ2n) is 8.62. The second-order valence-corrected chi connectivity index (χ2v) is 8.62. The van der Waals surface area contributed by atoms with Gasteiger partial charge in [0.15, 0.2) is 0 Å². The zero-order chi connectivity index (χ0) is 23.2. The number of rotatable bonds is 6. The van der Waals surface area contributed by atoms with E-state index in [0.717, 1.165) is 36.0 Å². The van der Waals surface area contributed by atoms with E-state index in [0.29, 0.717) is 25.5 Å². The molecule has 2 heterocycles. The van der Waals surface area contributed by atoms with E-state index < -0.39 is 0 Å². The molecule has 0 radical (unpaired) electrons. The van der Waals surface area contributed by atoms with Crippen LogP contribution in [0.5, 0.6) is 0 Å². The summed E-state index contributed by atoms with van der Waals surface area (Å²) in [5.74, 6) is 0. The number of amides is 1. The van der Waals surface area contributed by atoms with Crippen molar-refractivity contribution in [2.75, 3.05) is 13.2 Å². The van der Waals surface area contributed by atoms with E-state index in [1.165, 1.54) is 10.2 Å². The normalized spacial score (nSPS) is 15.9. The molecule has 6 nitrogen and oxygen atoms in total. The van der Waals surface area contributed by atoms with Gasteiger partial charge in [-0.2, -0.15) is 4.68 Å². The number of hydrogen-bond acceptors (Lipinski definition) is 4. The summed E-state index contributed by atoms with van der Waals surface area (Å²) < 4.78 is 7.32. The smallest absolute Gasteiger partial charge is 0.346 e. The zero-order valence-corrected chi connectivity index (χ0v) is 19.1. The molecule has 34 heavy (non-hydrogen) atoms. The Kier molecular flexibility index (Phi) is 6.77. The molecule has 6 heteroatoms. The van der Waals surface area contributed by atoms with Crippen LogP contribution in [0.15, 0.2) is 91.1 Å². The summed E-state index contributed by atoms with van der Waals surface area (Å²) in [4.78, 5) is 15.1. The van der Waals surface area contributed by atoms with Crippen molar-refractivity contribution in [1.29, 1.82) is 0 Å². The molecule has 0 bridgehead atoms. The number of carbonyl (C=O) groups excluding carboxylic acids is 1. The monoisotopic (exact) mass is 452 g/mol. The molecule has 1 atom stereocenters. The molecular weight excluding hydrogens is 424 g/mol. The van der Waals surface area contributed by atoms with Gasteiger partial charge in [-0.3, -0.25) is 0 Å². The summed E-state index contributed by atoms with van der Waals surface area (Å²) in [6.07, 6.45) is 4.74. The Bertz CT molecular complexity index is 1210. The SMILES string of the molecule is O=C(N1CCCC[C@@H]1COCc1ccccc1)n1cc(-c2ccc(-c3ccccc3)cc2)nn1. The first kappa shape index (κ1) is 22.0. The molecule has 1 fully saturated rings. The average molecular weight is 453 g/mol. The molecule has 5 rings (SSSR count). The molecule has 0 saturated carbocycles. The van der Waals surface area contributed by atoms with Gasteiger partial charge in [-0.15, -0.1) is 5.10 Å². The molecule has 0 spiro atoms. The number of piperidine rings is 1. The molecule has 172 valence electrons. The number of ether oxygens (including phenoxy) is 1. The van der Waals surface area contributed by atoms with E-state index in [-0.39, 0.29) is 12.1 Å². The van der Waals surface area contributed by atoms with E-state index in [1.807, 2.05) is 65.6 Å². The van der Waals surface area contributed by atoms with Gasteiger partial charge >= 0.3 is 6.03 Å². The van der Waals surface area contributed by atoms with Crippen LogP contribution in [0.2, 0.25) is 0 Å². The standard InChI is InChI=1S/C28H28N4O2/c33-28(31-18-8-7-13-26(31)21-34-20-22-9-3-1-4-10-22)32-19-27(29-30-32)25-16-14-24(15-17-25)23-11-5-2-6-12-23/h1-6,9-12,14-17,19,26H,7-8,13,18,20-21H2/t26-/m1/s1. The van der Waals surface area contributed by atoms with Crippen molar-refractivity contribution in [3.05, 3.63) is 96.7 Å². The Morgan fingerprint density at radius 1 is 0.853 bits per heavy atom. The largest absolute Gasteiger partial charge is 0.375 e. The Labute approximate surface area is 199 Å². The number of carbonyl (C=O) groups is 1. The topological polar surface area (TPSA) is 60.2 Å². The molecule has 0 aliphatic carbocycles. The van der Waals surface area contributed by atoms with Crippen LogP contribution in [-0.2, 0) is 11.3 Å². The van der Waals surface area contributed by atoms with Crippen LogP contribution >= 0.6 is 0 Å². The maximum Gasteiger partial charge on any atom is 0.346 e. The van der Waals surface area contributed by atoms with Crippen LogP contribution in [0.3, 0.4) is 0 Å². The minimum absolute atomic E-state index is 0.0442. The van der Waals surface area contributed by atoms with Gasteiger partial charge in [0, 0.05) is 12.1 Å². The molecule has 1 saturated heterocycles. The van der Waals surface area contributed by atoms with Crippen molar-refractivity contribution in [3.8, 4) is 22.4 Å². The Morgan fingerprint density at radius 3 is 2.29 bits per heavy atom. The molecule has 0 N–H and O–H groups in total. The molecule has 4 aromatic rings. The van der Waals surface area contributed by atoms with Crippen LogP contribution in [0.4, 0.5) is 4.79 Å². The highest BCUT2D eigenvalue weighted by molar-refractivity contribution is 5.77. The Hall–Kier alpha value is -3.77. The van der Waals surface area contributed by atoms with E-state index in [9.17, 15) is 4.79 Å². The fourth-order valence-corrected chi connectivity index (χ4v) is 4.40. The van der Waals surface area contributed by atoms with E-state index in [4.69, 9.17) is 4.74 Å². The lowest BCUT2D eigenvalue weighted by Crippen LogP contribution is -2.48. The summed E-state index contributed by atoms with van der Waals surface area (Å²) >= 11 is 0. The minimum atomic E-state index is -0.146. The van der Waals surface area contributed by atoms with Gasteiger partial charge in [0.05, 0.1) is 25.5 Å². The van der Waals surface area contributed by atoms with Crippen molar-refractivity contribution in [3.63, 3.8) is 0 Å². The third-order valence-electron chi connectivity index (χ3n) is 6.27. The molecule has 3 aromatic carbocycles. The van der Waals surface area contributed by atoms with Crippen molar-refractivity contribution in [2.24, 2.45) is 0 Å². The summed E-state index contributed by atoms with van der Waals surface area (Å²) in [6, 6.07) is 28.4. The first-order valence-corrected chi connectivity index (χ1v) is 11.8. The maximum absolute atomic E-state index is 13.3. The lowest BCUT2D eigenvalue weighted by Gasteiger charge is -2.35. The van der Waals surface area contributed by atoms with Gasteiger partial charge < -0.3 is 9.64 Å². The van der Waals surface area contributed by atoms with E-state index in [1.54, 1.807) is 6.20 Å². The van der Waals surface area contributed by atoms with Crippen molar-refractivity contribution < 1.29 is 9.53 Å². The van der Waals surface area contributed by atoms with Gasteiger partial charge in [-0.25, -0.2) is 4.79 Å². The predicted molar refractivity (Wildman–Crippen MR) is 132 cm³/mol. The summed E-state index contributed by atoms with van der Waals surface area (Å²) in [5.41, 5.74) is 5.05. The third-order valence-corrected chi connectivity index (χ3v) is 6.27. The number of aromatic nitrogens is 3. The zero-order valence-electron chi connectivity index (χ0n) is 19.1. The Balaban J connectivity index is 1.24. The van der Waals surface area contributed by atoms with Gasteiger partial charge in [0.1, 0.15) is 5.69 Å². The summed E-state index contributed by atoms with van der Waals surface area (Å²) in [5, 5.41) is 8.41. The van der Waals surface area contributed by atoms with Crippen LogP contribution in [0.25, 0.3) is 22.4 Å². The van der Waals surface area contributed by atoms with Crippen molar-refractivity contribution >= 4 is 6.03 Å². The minimum Gasteiger partial charge on any atom is -0.375 e. The lowest BCUT2D eigenvalue weighted by atomic mass is 10.0. The fourth-order valence-electron chi connectivity index (χ4n) is 4.40. The van der Waals surface area contributed by atoms with Gasteiger partial charge in [-0.1, -0.05) is 90.1 Å². The highest BCUT2D eigenvalue weighted by atomic mass is 16.5. The number of likely N-dealkylation sites (tertiary alicyclic amines) is 1. The number of benzene rings is 3. The maximum atomic E-state index is 13.3. The van der Waals surface area contributed by atoms with Crippen molar-refractivity contribution in [1.82, 2.24) is 19.9 Å². The van der Waals surface area contributed by atoms with E-state index in [2.05, 4.69) is 34.6 Å². The summed E-state index contributed by atoms with van der Waals surface area (Å²) in [6.45, 7) is 1.77. The van der Waals surface area contributed by atoms with Crippen LogP contribution in [-0.4, -0.2) is 45.1 Å². The van der Waals surface area contributed by atoms with Crippen molar-refractivity contribution in [2.45, 2.75) is 31.9 Å². The van der Waals surface area contributed by atoms with Gasteiger partial charge in [0.2, 0.25) is 0 Å². The number of hydrogen-bond donors (Lipinski definition) is 0. The number of nitrogens with zero attached hydrogens (tertiary/aromatic N) is 4. The van der Waals surface area contributed by atoms with Gasteiger partial charge in [0.25, 0.3) is 0 Å². The van der Waals surface area contributed by atoms with E-state index >= 15 is 0 Å². The van der Waals surface area contributed by atoms with Crippen LogP contribution in [0.1, 0.15) is 24.8 Å². The third kappa shape index (κ3) is 5.07. The molecular formula is C28H28N4O2. The Morgan fingerprint density at radius 2 is 1.53 bits per heavy atom. The lowest BCUT2D eigenvalue weighted by molar-refractivity contribution is 0.0472. The first-order chi connectivity index (χ1) is 16.8. The molecule has 1 amide bonds. The second kappa shape index (κ2) is 10.4.